The second-order valence-corrected chi connectivity index (χ2v) is 4.26. The molecule has 0 bridgehead atoms. The van der Waals surface area contributed by atoms with Crippen LogP contribution in [0.2, 0.25) is 0 Å². The zero-order valence-electron chi connectivity index (χ0n) is 10.6. The van der Waals surface area contributed by atoms with Gasteiger partial charge in [0.25, 0.3) is 0 Å². The van der Waals surface area contributed by atoms with Gasteiger partial charge in [0.2, 0.25) is 0 Å². The molecule has 4 heteroatoms. The lowest BCUT2D eigenvalue weighted by Crippen LogP contribution is -2.14. The molecule has 0 aromatic carbocycles. The highest BCUT2D eigenvalue weighted by Gasteiger charge is 2.10. The lowest BCUT2D eigenvalue weighted by atomic mass is 10.2. The molecule has 2 rings (SSSR count). The van der Waals surface area contributed by atoms with Crippen LogP contribution in [-0.2, 0) is 17.8 Å². The highest BCUT2D eigenvalue weighted by molar-refractivity contribution is 5.80. The van der Waals surface area contributed by atoms with E-state index in [1.54, 1.807) is 7.11 Å². The van der Waals surface area contributed by atoms with Crippen molar-refractivity contribution in [2.24, 2.45) is 0 Å². The Labute approximate surface area is 102 Å². The fourth-order valence-corrected chi connectivity index (χ4v) is 2.02. The van der Waals surface area contributed by atoms with Gasteiger partial charge in [0, 0.05) is 38.0 Å². The van der Waals surface area contributed by atoms with Crippen LogP contribution in [0.15, 0.2) is 24.5 Å². The zero-order chi connectivity index (χ0) is 12.3. The van der Waals surface area contributed by atoms with Crippen molar-refractivity contribution in [3.8, 4) is 0 Å². The molecule has 0 aliphatic heterocycles. The first-order chi connectivity index (χ1) is 8.26. The molecule has 0 saturated carbocycles. The Kier molecular flexibility index (Phi) is 3.76. The summed E-state index contributed by atoms with van der Waals surface area (Å²) in [5, 5.41) is 4.40. The van der Waals surface area contributed by atoms with Crippen molar-refractivity contribution in [2.45, 2.75) is 26.1 Å². The Balaban J connectivity index is 2.41. The van der Waals surface area contributed by atoms with Crippen LogP contribution in [0.1, 0.15) is 12.5 Å². The van der Waals surface area contributed by atoms with Gasteiger partial charge >= 0.3 is 0 Å². The highest BCUT2D eigenvalue weighted by Crippen LogP contribution is 2.19. The number of nitrogens with zero attached hydrogens (tertiary/aromatic N) is 2. The number of hydrogen-bond donors (Lipinski definition) is 1. The van der Waals surface area contributed by atoms with Gasteiger partial charge in [0.15, 0.2) is 0 Å². The molecular weight excluding hydrogens is 214 g/mol. The number of hydrogen-bond acceptors (Lipinski definition) is 3. The van der Waals surface area contributed by atoms with Crippen LogP contribution in [0, 0.1) is 0 Å². The molecule has 1 N–H and O–H groups in total. The minimum Gasteiger partial charge on any atom is -0.380 e. The van der Waals surface area contributed by atoms with E-state index in [2.05, 4.69) is 34.1 Å². The number of rotatable bonds is 5. The van der Waals surface area contributed by atoms with E-state index in [9.17, 15) is 0 Å². The van der Waals surface area contributed by atoms with Crippen molar-refractivity contribution in [1.29, 1.82) is 0 Å². The molecular formula is C13H19N3O. The van der Waals surface area contributed by atoms with Crippen molar-refractivity contribution in [3.05, 3.63) is 30.1 Å². The summed E-state index contributed by atoms with van der Waals surface area (Å²) in [6, 6.07) is 4.09. The Morgan fingerprint density at radius 3 is 3.06 bits per heavy atom. The standard InChI is InChI=1S/C13H19N3O/c1-10(17-3)8-16-9-11(7-14-2)12-5-4-6-15-13(12)16/h4-6,9-10,14H,7-8H2,1-3H3. The fourth-order valence-electron chi connectivity index (χ4n) is 2.02. The maximum Gasteiger partial charge on any atom is 0.140 e. The first-order valence-corrected chi connectivity index (χ1v) is 5.86. The van der Waals surface area contributed by atoms with E-state index >= 15 is 0 Å². The molecule has 17 heavy (non-hydrogen) atoms. The molecule has 92 valence electrons. The molecule has 0 amide bonds. The molecule has 0 spiro atoms. The first-order valence-electron chi connectivity index (χ1n) is 5.86. The van der Waals surface area contributed by atoms with E-state index in [1.807, 2.05) is 19.3 Å². The van der Waals surface area contributed by atoms with Gasteiger partial charge in [-0.05, 0) is 31.7 Å². The predicted octanol–water partition coefficient (Wildman–Crippen LogP) is 1.79. The van der Waals surface area contributed by atoms with Crippen LogP contribution in [0.4, 0.5) is 0 Å². The number of methoxy groups -OCH3 is 1. The van der Waals surface area contributed by atoms with Gasteiger partial charge in [-0.1, -0.05) is 0 Å². The normalized spacial score (nSPS) is 13.1. The molecule has 0 aliphatic carbocycles. The van der Waals surface area contributed by atoms with Crippen LogP contribution in [0.25, 0.3) is 11.0 Å². The summed E-state index contributed by atoms with van der Waals surface area (Å²) < 4.78 is 7.47. The molecule has 1 unspecified atom stereocenters. The van der Waals surface area contributed by atoms with Crippen LogP contribution in [0.3, 0.4) is 0 Å². The third-order valence-electron chi connectivity index (χ3n) is 2.94. The van der Waals surface area contributed by atoms with Crippen LogP contribution >= 0.6 is 0 Å². The summed E-state index contributed by atoms with van der Waals surface area (Å²) in [5.74, 6) is 0. The Morgan fingerprint density at radius 2 is 2.35 bits per heavy atom. The number of fused-ring (bicyclic) bond motifs is 1. The Hall–Kier alpha value is -1.39. The van der Waals surface area contributed by atoms with Crippen LogP contribution < -0.4 is 5.32 Å². The van der Waals surface area contributed by atoms with Gasteiger partial charge in [0.1, 0.15) is 5.65 Å². The quantitative estimate of drug-likeness (QED) is 0.855. The van der Waals surface area contributed by atoms with Gasteiger partial charge in [0.05, 0.1) is 6.10 Å². The molecule has 4 nitrogen and oxygen atoms in total. The minimum absolute atomic E-state index is 0.190. The third-order valence-corrected chi connectivity index (χ3v) is 2.94. The topological polar surface area (TPSA) is 39.1 Å². The van der Waals surface area contributed by atoms with Crippen molar-refractivity contribution in [3.63, 3.8) is 0 Å². The summed E-state index contributed by atoms with van der Waals surface area (Å²) in [6.07, 6.45) is 4.18. The second kappa shape index (κ2) is 5.29. The molecule has 2 aromatic heterocycles. The second-order valence-electron chi connectivity index (χ2n) is 4.26. The van der Waals surface area contributed by atoms with E-state index in [4.69, 9.17) is 4.74 Å². The molecule has 0 radical (unpaired) electrons. The number of pyridine rings is 1. The average Bonchev–Trinajstić information content (AvgIpc) is 2.69. The third kappa shape index (κ3) is 2.48. The maximum atomic E-state index is 5.31. The van der Waals surface area contributed by atoms with Crippen LogP contribution in [0.5, 0.6) is 0 Å². The number of nitrogens with one attached hydrogen (secondary N) is 1. The summed E-state index contributed by atoms with van der Waals surface area (Å²) >= 11 is 0. The lowest BCUT2D eigenvalue weighted by molar-refractivity contribution is 0.104. The molecule has 0 aliphatic rings. The summed E-state index contributed by atoms with van der Waals surface area (Å²) in [6.45, 7) is 3.75. The van der Waals surface area contributed by atoms with Crippen molar-refractivity contribution in [1.82, 2.24) is 14.9 Å². The van der Waals surface area contributed by atoms with Gasteiger partial charge in [-0.25, -0.2) is 4.98 Å². The van der Waals surface area contributed by atoms with E-state index in [-0.39, 0.29) is 6.10 Å². The lowest BCUT2D eigenvalue weighted by Gasteiger charge is -2.10. The highest BCUT2D eigenvalue weighted by atomic mass is 16.5. The SMILES string of the molecule is CNCc1cn(CC(C)OC)c2ncccc12. The van der Waals surface area contributed by atoms with Gasteiger partial charge in [-0.3, -0.25) is 0 Å². The van der Waals surface area contributed by atoms with Crippen molar-refractivity contribution < 1.29 is 4.74 Å². The largest absolute Gasteiger partial charge is 0.380 e. The van der Waals surface area contributed by atoms with Crippen molar-refractivity contribution >= 4 is 11.0 Å². The van der Waals surface area contributed by atoms with Gasteiger partial charge < -0.3 is 14.6 Å². The maximum absolute atomic E-state index is 5.31. The zero-order valence-corrected chi connectivity index (χ0v) is 10.6. The van der Waals surface area contributed by atoms with Crippen LogP contribution in [-0.4, -0.2) is 29.8 Å². The molecule has 0 fully saturated rings. The monoisotopic (exact) mass is 233 g/mol. The Bertz CT molecular complexity index is 492. The Morgan fingerprint density at radius 1 is 1.53 bits per heavy atom. The van der Waals surface area contributed by atoms with E-state index < -0.39 is 0 Å². The number of aromatic nitrogens is 2. The van der Waals surface area contributed by atoms with E-state index in [0.717, 1.165) is 18.7 Å². The van der Waals surface area contributed by atoms with Gasteiger partial charge in [-0.2, -0.15) is 0 Å². The summed E-state index contributed by atoms with van der Waals surface area (Å²) in [5.41, 5.74) is 2.31. The van der Waals surface area contributed by atoms with E-state index in [1.165, 1.54) is 10.9 Å². The summed E-state index contributed by atoms with van der Waals surface area (Å²) in [7, 11) is 3.69. The fraction of sp³-hybridized carbons (Fsp3) is 0.462. The summed E-state index contributed by atoms with van der Waals surface area (Å²) in [4.78, 5) is 4.45. The smallest absolute Gasteiger partial charge is 0.140 e. The van der Waals surface area contributed by atoms with Gasteiger partial charge in [-0.15, -0.1) is 0 Å². The van der Waals surface area contributed by atoms with E-state index in [0.29, 0.717) is 0 Å². The minimum atomic E-state index is 0.190. The first kappa shape index (κ1) is 12.1. The predicted molar refractivity (Wildman–Crippen MR) is 69.0 cm³/mol. The molecule has 2 heterocycles. The molecule has 0 saturated heterocycles. The molecule has 2 aromatic rings. The number of ether oxygens (including phenoxy) is 1. The van der Waals surface area contributed by atoms with Crippen molar-refractivity contribution in [2.75, 3.05) is 14.2 Å². The average molecular weight is 233 g/mol. The molecule has 1 atom stereocenters.